The van der Waals surface area contributed by atoms with Gasteiger partial charge in [0.1, 0.15) is 6.04 Å². The Bertz CT molecular complexity index is 419. The van der Waals surface area contributed by atoms with Crippen molar-refractivity contribution < 1.29 is 23.1 Å². The minimum absolute atomic E-state index is 0.0973. The Morgan fingerprint density at radius 3 is 2.39 bits per heavy atom. The highest BCUT2D eigenvalue weighted by Crippen LogP contribution is 2.19. The van der Waals surface area contributed by atoms with E-state index < -0.39 is 29.5 Å². The summed E-state index contributed by atoms with van der Waals surface area (Å²) in [6.45, 7) is 0. The van der Waals surface area contributed by atoms with Crippen molar-refractivity contribution in [3.05, 3.63) is 29.6 Å². The highest BCUT2D eigenvalue weighted by atomic mass is 32.2. The van der Waals surface area contributed by atoms with Gasteiger partial charge in [-0.15, -0.1) is 0 Å². The van der Waals surface area contributed by atoms with Crippen LogP contribution in [0.25, 0.3) is 0 Å². The Balaban J connectivity index is 2.84. The number of carboxylic acids is 1. The van der Waals surface area contributed by atoms with Crippen molar-refractivity contribution in [1.29, 1.82) is 0 Å². The third kappa shape index (κ3) is 3.83. The van der Waals surface area contributed by atoms with E-state index >= 15 is 0 Å². The topological polar surface area (TPSA) is 49.3 Å². The van der Waals surface area contributed by atoms with E-state index in [1.807, 2.05) is 6.26 Å². The maximum absolute atomic E-state index is 12.9. The Hall–Kier alpha value is -1.37. The zero-order chi connectivity index (χ0) is 13.7. The average Bonchev–Trinajstić information content (AvgIpc) is 2.30. The van der Waals surface area contributed by atoms with Crippen molar-refractivity contribution >= 4 is 23.4 Å². The summed E-state index contributed by atoms with van der Waals surface area (Å²) in [6.07, 6.45) is 2.10. The lowest BCUT2D eigenvalue weighted by Crippen LogP contribution is -2.30. The van der Waals surface area contributed by atoms with Gasteiger partial charge in [-0.3, -0.25) is 0 Å². The molecule has 1 rings (SSSR count). The Labute approximate surface area is 106 Å². The van der Waals surface area contributed by atoms with Crippen LogP contribution in [0.1, 0.15) is 6.42 Å². The summed E-state index contributed by atoms with van der Waals surface area (Å²) in [5.41, 5.74) is -0.0973. The number of aliphatic carboxylic acids is 1. The second kappa shape index (κ2) is 6.53. The van der Waals surface area contributed by atoms with Crippen molar-refractivity contribution in [2.24, 2.45) is 0 Å². The average molecular weight is 279 g/mol. The van der Waals surface area contributed by atoms with Gasteiger partial charge in [0.25, 0.3) is 0 Å². The van der Waals surface area contributed by atoms with Crippen LogP contribution in [-0.2, 0) is 4.79 Å². The van der Waals surface area contributed by atoms with Gasteiger partial charge in [0.05, 0.1) is 0 Å². The first kappa shape index (κ1) is 14.7. The van der Waals surface area contributed by atoms with Gasteiger partial charge < -0.3 is 10.4 Å². The normalized spacial score (nSPS) is 12.2. The fraction of sp³-hybridized carbons (Fsp3) is 0.364. The van der Waals surface area contributed by atoms with Crippen LogP contribution in [0.3, 0.4) is 0 Å². The summed E-state index contributed by atoms with van der Waals surface area (Å²) in [4.78, 5) is 10.9. The number of carboxylic acid groups (broad SMARTS) is 1. The summed E-state index contributed by atoms with van der Waals surface area (Å²) in [7, 11) is 0. The molecule has 7 heteroatoms. The van der Waals surface area contributed by atoms with Gasteiger partial charge in [-0.1, -0.05) is 0 Å². The maximum atomic E-state index is 12.9. The Kier molecular flexibility index (Phi) is 5.33. The van der Waals surface area contributed by atoms with E-state index in [2.05, 4.69) is 5.32 Å². The molecule has 0 aliphatic heterocycles. The van der Waals surface area contributed by atoms with Crippen molar-refractivity contribution in [3.63, 3.8) is 0 Å². The number of nitrogens with one attached hydrogen (secondary N) is 1. The van der Waals surface area contributed by atoms with E-state index in [1.165, 1.54) is 11.8 Å². The summed E-state index contributed by atoms with van der Waals surface area (Å²) < 4.78 is 38.6. The molecule has 100 valence electrons. The van der Waals surface area contributed by atoms with Crippen LogP contribution in [0.5, 0.6) is 0 Å². The van der Waals surface area contributed by atoms with Gasteiger partial charge in [-0.05, 0) is 18.4 Å². The molecule has 18 heavy (non-hydrogen) atoms. The lowest BCUT2D eigenvalue weighted by molar-refractivity contribution is -0.137. The zero-order valence-corrected chi connectivity index (χ0v) is 10.4. The number of benzene rings is 1. The molecule has 0 heterocycles. The lowest BCUT2D eigenvalue weighted by atomic mass is 10.2. The number of halogens is 3. The van der Waals surface area contributed by atoms with Crippen LogP contribution in [0.15, 0.2) is 12.1 Å². The first-order chi connectivity index (χ1) is 8.45. The molecule has 0 aromatic heterocycles. The number of thioether (sulfide) groups is 1. The van der Waals surface area contributed by atoms with Gasteiger partial charge >= 0.3 is 5.97 Å². The van der Waals surface area contributed by atoms with Crippen molar-refractivity contribution in [1.82, 2.24) is 0 Å². The second-order valence-corrected chi connectivity index (χ2v) is 4.56. The van der Waals surface area contributed by atoms with Crippen molar-refractivity contribution in [2.45, 2.75) is 12.5 Å². The zero-order valence-electron chi connectivity index (χ0n) is 9.54. The van der Waals surface area contributed by atoms with Gasteiger partial charge in [-0.25, -0.2) is 18.0 Å². The van der Waals surface area contributed by atoms with E-state index in [0.29, 0.717) is 5.75 Å². The molecule has 0 amide bonds. The van der Waals surface area contributed by atoms with Crippen LogP contribution in [-0.4, -0.2) is 29.1 Å². The van der Waals surface area contributed by atoms with Gasteiger partial charge in [0.2, 0.25) is 0 Å². The first-order valence-corrected chi connectivity index (χ1v) is 6.48. The molecule has 1 aromatic rings. The van der Waals surface area contributed by atoms with Crippen molar-refractivity contribution in [3.8, 4) is 0 Å². The summed E-state index contributed by atoms with van der Waals surface area (Å²) >= 11 is 1.46. The van der Waals surface area contributed by atoms with Gasteiger partial charge in [0.15, 0.2) is 17.5 Å². The summed E-state index contributed by atoms with van der Waals surface area (Å²) in [5, 5.41) is 11.4. The van der Waals surface area contributed by atoms with Crippen LogP contribution >= 0.6 is 11.8 Å². The molecule has 0 aliphatic rings. The van der Waals surface area contributed by atoms with E-state index in [0.717, 1.165) is 12.1 Å². The van der Waals surface area contributed by atoms with E-state index in [9.17, 15) is 18.0 Å². The SMILES string of the molecule is CSCC[C@H](Nc1cc(F)c(F)c(F)c1)C(=O)O. The molecule has 0 radical (unpaired) electrons. The molecule has 0 fully saturated rings. The third-order valence-corrected chi connectivity index (χ3v) is 2.88. The van der Waals surface area contributed by atoms with E-state index in [-0.39, 0.29) is 12.1 Å². The summed E-state index contributed by atoms with van der Waals surface area (Å²) in [5.74, 6) is -4.83. The molecule has 0 unspecified atom stereocenters. The molecular weight excluding hydrogens is 267 g/mol. The Morgan fingerprint density at radius 1 is 1.39 bits per heavy atom. The molecule has 0 saturated carbocycles. The molecule has 1 atom stereocenters. The minimum Gasteiger partial charge on any atom is -0.480 e. The van der Waals surface area contributed by atoms with E-state index in [4.69, 9.17) is 5.11 Å². The number of carbonyl (C=O) groups is 1. The standard InChI is InChI=1S/C11H12F3NO2S/c1-18-3-2-9(11(16)17)15-6-4-7(12)10(14)8(13)5-6/h4-5,9,15H,2-3H2,1H3,(H,16,17)/t9-/m0/s1. The molecule has 0 spiro atoms. The van der Waals surface area contributed by atoms with Crippen LogP contribution in [0.2, 0.25) is 0 Å². The van der Waals surface area contributed by atoms with Crippen molar-refractivity contribution in [2.75, 3.05) is 17.3 Å². The predicted molar refractivity (Wildman–Crippen MR) is 64.4 cm³/mol. The molecular formula is C11H12F3NO2S. The van der Waals surface area contributed by atoms with Crippen LogP contribution in [0.4, 0.5) is 18.9 Å². The monoisotopic (exact) mass is 279 g/mol. The largest absolute Gasteiger partial charge is 0.480 e. The number of anilines is 1. The predicted octanol–water partition coefficient (Wildman–Crippen LogP) is 2.72. The quantitative estimate of drug-likeness (QED) is 0.786. The summed E-state index contributed by atoms with van der Waals surface area (Å²) in [6, 6.07) is 0.489. The van der Waals surface area contributed by atoms with Gasteiger partial charge in [-0.2, -0.15) is 11.8 Å². The molecule has 0 saturated heterocycles. The highest BCUT2D eigenvalue weighted by molar-refractivity contribution is 7.98. The number of hydrogen-bond acceptors (Lipinski definition) is 3. The molecule has 2 N–H and O–H groups in total. The number of rotatable bonds is 6. The smallest absolute Gasteiger partial charge is 0.326 e. The maximum Gasteiger partial charge on any atom is 0.326 e. The lowest BCUT2D eigenvalue weighted by Gasteiger charge is -2.15. The molecule has 3 nitrogen and oxygen atoms in total. The van der Waals surface area contributed by atoms with Gasteiger partial charge in [0, 0.05) is 17.8 Å². The fourth-order valence-corrected chi connectivity index (χ4v) is 1.80. The molecule has 1 aromatic carbocycles. The highest BCUT2D eigenvalue weighted by Gasteiger charge is 2.18. The second-order valence-electron chi connectivity index (χ2n) is 3.57. The third-order valence-electron chi connectivity index (χ3n) is 2.23. The Morgan fingerprint density at radius 2 is 1.94 bits per heavy atom. The molecule has 0 bridgehead atoms. The first-order valence-electron chi connectivity index (χ1n) is 5.08. The van der Waals surface area contributed by atoms with Crippen LogP contribution < -0.4 is 5.32 Å². The van der Waals surface area contributed by atoms with E-state index in [1.54, 1.807) is 0 Å². The number of hydrogen-bond donors (Lipinski definition) is 2. The minimum atomic E-state index is -1.57. The molecule has 0 aliphatic carbocycles. The van der Waals surface area contributed by atoms with Crippen LogP contribution in [0, 0.1) is 17.5 Å². The fourth-order valence-electron chi connectivity index (χ4n) is 1.33.